The Morgan fingerprint density at radius 3 is 2.60 bits per heavy atom. The summed E-state index contributed by atoms with van der Waals surface area (Å²) in [6.07, 6.45) is 2.87. The summed E-state index contributed by atoms with van der Waals surface area (Å²) in [7, 11) is 0. The minimum Gasteiger partial charge on any atom is -0.396 e. The second-order valence-corrected chi connectivity index (χ2v) is 4.41. The Morgan fingerprint density at radius 1 is 1.27 bits per heavy atom. The Labute approximate surface area is 91.3 Å². The van der Waals surface area contributed by atoms with E-state index in [0.29, 0.717) is 6.54 Å². The monoisotopic (exact) mass is 217 g/mol. The van der Waals surface area contributed by atoms with Gasteiger partial charge in [-0.2, -0.15) is 0 Å². The van der Waals surface area contributed by atoms with Gasteiger partial charge in [0, 0.05) is 25.1 Å². The number of nitrogens with one attached hydrogen (secondary N) is 1. The molecule has 90 valence electrons. The van der Waals surface area contributed by atoms with E-state index in [4.69, 9.17) is 0 Å². The molecule has 4 N–H and O–H groups in total. The van der Waals surface area contributed by atoms with Crippen LogP contribution in [0.4, 0.5) is 0 Å². The third-order valence-corrected chi connectivity index (χ3v) is 3.27. The molecule has 0 amide bonds. The maximum Gasteiger partial charge on any atom is 0.0927 e. The van der Waals surface area contributed by atoms with Gasteiger partial charge in [0.25, 0.3) is 0 Å². The first kappa shape index (κ1) is 12.9. The topological polar surface area (TPSA) is 72.7 Å². The molecule has 4 nitrogen and oxygen atoms in total. The summed E-state index contributed by atoms with van der Waals surface area (Å²) in [6.45, 7) is 2.51. The summed E-state index contributed by atoms with van der Waals surface area (Å²) < 4.78 is 0. The molecule has 1 saturated heterocycles. The molecule has 0 spiro atoms. The smallest absolute Gasteiger partial charge is 0.0927 e. The predicted octanol–water partition coefficient (Wildman–Crippen LogP) is -0.131. The van der Waals surface area contributed by atoms with Gasteiger partial charge in [-0.1, -0.05) is 26.2 Å². The van der Waals surface area contributed by atoms with Crippen molar-refractivity contribution in [3.05, 3.63) is 0 Å². The maximum absolute atomic E-state index is 9.71. The van der Waals surface area contributed by atoms with Gasteiger partial charge in [-0.05, 0) is 6.42 Å². The molecule has 0 radical (unpaired) electrons. The Hall–Kier alpha value is -0.160. The van der Waals surface area contributed by atoms with Gasteiger partial charge in [0.2, 0.25) is 0 Å². The molecule has 0 aliphatic carbocycles. The largest absolute Gasteiger partial charge is 0.396 e. The Bertz CT molecular complexity index is 177. The second kappa shape index (κ2) is 6.43. The first-order valence-electron chi connectivity index (χ1n) is 5.91. The molecule has 1 aliphatic heterocycles. The third-order valence-electron chi connectivity index (χ3n) is 3.27. The summed E-state index contributed by atoms with van der Waals surface area (Å²) in [5.74, 6) is -0.231. The van der Waals surface area contributed by atoms with E-state index in [1.165, 1.54) is 12.8 Å². The molecule has 0 saturated carbocycles. The fourth-order valence-corrected chi connectivity index (χ4v) is 2.23. The number of hydrogen-bond acceptors (Lipinski definition) is 4. The highest BCUT2D eigenvalue weighted by atomic mass is 16.3. The Kier molecular flexibility index (Phi) is 5.53. The number of hydrogen-bond donors (Lipinski definition) is 4. The fourth-order valence-electron chi connectivity index (χ4n) is 2.23. The van der Waals surface area contributed by atoms with Crippen molar-refractivity contribution >= 4 is 0 Å². The predicted molar refractivity (Wildman–Crippen MR) is 58.5 cm³/mol. The van der Waals surface area contributed by atoms with Crippen LogP contribution in [0.15, 0.2) is 0 Å². The van der Waals surface area contributed by atoms with Crippen LogP contribution in [0.5, 0.6) is 0 Å². The van der Waals surface area contributed by atoms with Crippen LogP contribution >= 0.6 is 0 Å². The number of unbranched alkanes of at least 4 members (excludes halogenated alkanes) is 2. The van der Waals surface area contributed by atoms with Gasteiger partial charge in [0.05, 0.1) is 12.2 Å². The molecule has 1 rings (SSSR count). The molecule has 0 unspecified atom stereocenters. The number of piperidine rings is 1. The summed E-state index contributed by atoms with van der Waals surface area (Å²) in [5.41, 5.74) is 0. The SMILES string of the molecule is CCCCC[C@H]1NC[C@@H](O)[C@H](O)[C@H]1CO. The van der Waals surface area contributed by atoms with E-state index >= 15 is 0 Å². The van der Waals surface area contributed by atoms with Crippen LogP contribution in [0.1, 0.15) is 32.6 Å². The molecule has 4 heteroatoms. The molecule has 0 aromatic heterocycles. The van der Waals surface area contributed by atoms with Gasteiger partial charge in [0.1, 0.15) is 0 Å². The normalized spacial score (nSPS) is 36.8. The number of rotatable bonds is 5. The molecular formula is C11H23NO3. The first-order chi connectivity index (χ1) is 7.20. The lowest BCUT2D eigenvalue weighted by Gasteiger charge is -2.38. The molecular weight excluding hydrogens is 194 g/mol. The average molecular weight is 217 g/mol. The molecule has 1 aliphatic rings. The van der Waals surface area contributed by atoms with E-state index in [0.717, 1.165) is 12.8 Å². The lowest BCUT2D eigenvalue weighted by Crippen LogP contribution is -2.57. The lowest BCUT2D eigenvalue weighted by molar-refractivity contribution is -0.0679. The van der Waals surface area contributed by atoms with Gasteiger partial charge in [-0.15, -0.1) is 0 Å². The highest BCUT2D eigenvalue weighted by Gasteiger charge is 2.36. The van der Waals surface area contributed by atoms with Gasteiger partial charge in [-0.3, -0.25) is 0 Å². The average Bonchev–Trinajstić information content (AvgIpc) is 2.24. The molecule has 1 fully saturated rings. The van der Waals surface area contributed by atoms with Crippen molar-refractivity contribution in [3.63, 3.8) is 0 Å². The lowest BCUT2D eigenvalue weighted by atomic mass is 9.84. The van der Waals surface area contributed by atoms with Crippen molar-refractivity contribution in [2.24, 2.45) is 5.92 Å². The van der Waals surface area contributed by atoms with Gasteiger partial charge < -0.3 is 20.6 Å². The van der Waals surface area contributed by atoms with Crippen LogP contribution in [-0.2, 0) is 0 Å². The third kappa shape index (κ3) is 3.41. The number of β-amino-alcohol motifs (C(OH)–C–C–N with tert-alkyl or cyclic N) is 1. The van der Waals surface area contributed by atoms with Crippen molar-refractivity contribution in [2.75, 3.05) is 13.2 Å². The van der Waals surface area contributed by atoms with Crippen LogP contribution in [-0.4, -0.2) is 46.7 Å². The summed E-state index contributed by atoms with van der Waals surface area (Å²) in [5, 5.41) is 31.5. The number of aliphatic hydroxyl groups excluding tert-OH is 3. The minimum atomic E-state index is -0.789. The van der Waals surface area contributed by atoms with E-state index < -0.39 is 12.2 Å². The van der Waals surface area contributed by atoms with Gasteiger partial charge in [-0.25, -0.2) is 0 Å². The van der Waals surface area contributed by atoms with Crippen molar-refractivity contribution in [1.29, 1.82) is 0 Å². The van der Waals surface area contributed by atoms with Crippen LogP contribution in [0.3, 0.4) is 0 Å². The molecule has 1 heterocycles. The van der Waals surface area contributed by atoms with Gasteiger partial charge in [0.15, 0.2) is 0 Å². The van der Waals surface area contributed by atoms with E-state index in [1.54, 1.807) is 0 Å². The van der Waals surface area contributed by atoms with E-state index in [-0.39, 0.29) is 18.6 Å². The zero-order chi connectivity index (χ0) is 11.3. The summed E-state index contributed by atoms with van der Waals surface area (Å²) in [6, 6.07) is 0.139. The van der Waals surface area contributed by atoms with Gasteiger partial charge >= 0.3 is 0 Å². The van der Waals surface area contributed by atoms with Crippen LogP contribution in [0.2, 0.25) is 0 Å². The molecule has 0 bridgehead atoms. The van der Waals surface area contributed by atoms with Crippen molar-refractivity contribution in [1.82, 2.24) is 5.32 Å². The van der Waals surface area contributed by atoms with Crippen LogP contribution < -0.4 is 5.32 Å². The number of aliphatic hydroxyl groups is 3. The van der Waals surface area contributed by atoms with E-state index in [2.05, 4.69) is 12.2 Å². The first-order valence-corrected chi connectivity index (χ1v) is 5.91. The van der Waals surface area contributed by atoms with Crippen molar-refractivity contribution < 1.29 is 15.3 Å². The van der Waals surface area contributed by atoms with Crippen LogP contribution in [0.25, 0.3) is 0 Å². The quantitative estimate of drug-likeness (QED) is 0.484. The van der Waals surface area contributed by atoms with E-state index in [1.807, 2.05) is 0 Å². The summed E-state index contributed by atoms with van der Waals surface area (Å²) >= 11 is 0. The van der Waals surface area contributed by atoms with Crippen LogP contribution in [0, 0.1) is 5.92 Å². The Balaban J connectivity index is 2.41. The molecule has 15 heavy (non-hydrogen) atoms. The zero-order valence-corrected chi connectivity index (χ0v) is 9.39. The highest BCUT2D eigenvalue weighted by Crippen LogP contribution is 2.21. The molecule has 0 aromatic rings. The van der Waals surface area contributed by atoms with E-state index in [9.17, 15) is 15.3 Å². The zero-order valence-electron chi connectivity index (χ0n) is 9.39. The standard InChI is InChI=1S/C11H23NO3/c1-2-3-4-5-9-8(7-13)11(15)10(14)6-12-9/h8-15H,2-7H2,1H3/t8-,9+,10+,11+/m0/s1. The fraction of sp³-hybridized carbons (Fsp3) is 1.00. The molecule has 4 atom stereocenters. The summed E-state index contributed by atoms with van der Waals surface area (Å²) in [4.78, 5) is 0. The minimum absolute atomic E-state index is 0.0674. The highest BCUT2D eigenvalue weighted by molar-refractivity contribution is 4.91. The van der Waals surface area contributed by atoms with Crippen molar-refractivity contribution in [2.45, 2.75) is 50.9 Å². The Morgan fingerprint density at radius 2 is 2.00 bits per heavy atom. The molecule has 0 aromatic carbocycles. The maximum atomic E-state index is 9.71. The van der Waals surface area contributed by atoms with Crippen molar-refractivity contribution in [3.8, 4) is 0 Å². The second-order valence-electron chi connectivity index (χ2n) is 4.41.